The first-order chi connectivity index (χ1) is 4.88. The van der Waals surface area contributed by atoms with E-state index in [9.17, 15) is 0 Å². The highest BCUT2D eigenvalue weighted by molar-refractivity contribution is 5.01. The van der Waals surface area contributed by atoms with Crippen LogP contribution >= 0.6 is 0 Å². The molecule has 3 nitrogen and oxygen atoms in total. The average molecular weight is 143 g/mol. The van der Waals surface area contributed by atoms with Crippen LogP contribution < -0.4 is 5.32 Å². The minimum absolute atomic E-state index is 0.0959. The zero-order valence-corrected chi connectivity index (χ0v) is 6.08. The Bertz CT molecular complexity index is 125. The summed E-state index contributed by atoms with van der Waals surface area (Å²) in [4.78, 5) is 0. The summed E-state index contributed by atoms with van der Waals surface area (Å²) in [5.41, 5.74) is 0. The quantitative estimate of drug-likeness (QED) is 0.425. The highest BCUT2D eigenvalue weighted by atomic mass is 16.6. The van der Waals surface area contributed by atoms with Crippen molar-refractivity contribution in [3.05, 3.63) is 12.2 Å². The fourth-order valence-electron chi connectivity index (χ4n) is 0.831. The number of aliphatic hydroxyl groups is 1. The molecular formula is C7H13NO2. The second-order valence-corrected chi connectivity index (χ2v) is 2.19. The Hall–Kier alpha value is -0.380. The standard InChI is InChI=1S/C7H13NO2/c1-2-8-7-6(10-7)4-3-5-9/h3-4,6-9H,2,5H2,1H3/b4-3-. The van der Waals surface area contributed by atoms with Crippen LogP contribution in [0.2, 0.25) is 0 Å². The zero-order chi connectivity index (χ0) is 7.40. The minimum Gasteiger partial charge on any atom is -0.392 e. The maximum absolute atomic E-state index is 8.40. The molecule has 0 aromatic heterocycles. The molecule has 2 atom stereocenters. The molecule has 0 saturated carbocycles. The second kappa shape index (κ2) is 3.71. The van der Waals surface area contributed by atoms with Gasteiger partial charge in [0.25, 0.3) is 0 Å². The first kappa shape index (κ1) is 7.72. The van der Waals surface area contributed by atoms with E-state index in [-0.39, 0.29) is 18.9 Å². The van der Waals surface area contributed by atoms with E-state index in [2.05, 4.69) is 5.32 Å². The number of epoxide rings is 1. The molecule has 1 saturated heterocycles. The molecule has 58 valence electrons. The van der Waals surface area contributed by atoms with Crippen molar-refractivity contribution < 1.29 is 9.84 Å². The van der Waals surface area contributed by atoms with Crippen LogP contribution in [0.15, 0.2) is 12.2 Å². The SMILES string of the molecule is CCNC1OC1/C=C\CO. The number of nitrogens with one attached hydrogen (secondary N) is 1. The van der Waals surface area contributed by atoms with Gasteiger partial charge in [0.1, 0.15) is 12.3 Å². The van der Waals surface area contributed by atoms with Gasteiger partial charge in [-0.15, -0.1) is 0 Å². The molecule has 1 rings (SSSR count). The predicted octanol–water partition coefficient (Wildman–Crippen LogP) is -0.131. The van der Waals surface area contributed by atoms with Gasteiger partial charge in [0, 0.05) is 0 Å². The van der Waals surface area contributed by atoms with E-state index in [1.54, 1.807) is 6.08 Å². The van der Waals surface area contributed by atoms with Crippen LogP contribution in [-0.2, 0) is 4.74 Å². The first-order valence-corrected chi connectivity index (χ1v) is 3.55. The second-order valence-electron chi connectivity index (χ2n) is 2.19. The molecule has 0 radical (unpaired) electrons. The Labute approximate surface area is 60.7 Å². The number of aliphatic hydroxyl groups excluding tert-OH is 1. The molecule has 0 spiro atoms. The van der Waals surface area contributed by atoms with E-state index in [1.165, 1.54) is 0 Å². The molecule has 2 unspecified atom stereocenters. The van der Waals surface area contributed by atoms with Crippen LogP contribution in [0.4, 0.5) is 0 Å². The Morgan fingerprint density at radius 2 is 2.50 bits per heavy atom. The van der Waals surface area contributed by atoms with Gasteiger partial charge in [-0.25, -0.2) is 0 Å². The number of likely N-dealkylation sites (N-methyl/N-ethyl adjacent to an activating group) is 1. The fourth-order valence-corrected chi connectivity index (χ4v) is 0.831. The monoisotopic (exact) mass is 143 g/mol. The Morgan fingerprint density at radius 3 is 3.10 bits per heavy atom. The minimum atomic E-state index is 0.0959. The van der Waals surface area contributed by atoms with Gasteiger partial charge < -0.3 is 9.84 Å². The third-order valence-corrected chi connectivity index (χ3v) is 1.36. The van der Waals surface area contributed by atoms with Crippen LogP contribution in [-0.4, -0.2) is 30.6 Å². The lowest BCUT2D eigenvalue weighted by Crippen LogP contribution is -2.18. The van der Waals surface area contributed by atoms with Crippen molar-refractivity contribution in [2.24, 2.45) is 0 Å². The van der Waals surface area contributed by atoms with Crippen molar-refractivity contribution in [3.8, 4) is 0 Å². The van der Waals surface area contributed by atoms with Gasteiger partial charge in [-0.2, -0.15) is 0 Å². The summed E-state index contributed by atoms with van der Waals surface area (Å²) in [5, 5.41) is 11.5. The highest BCUT2D eigenvalue weighted by Crippen LogP contribution is 2.19. The lowest BCUT2D eigenvalue weighted by molar-refractivity contribution is 0.340. The van der Waals surface area contributed by atoms with Crippen LogP contribution in [0.25, 0.3) is 0 Å². The third kappa shape index (κ3) is 2.10. The van der Waals surface area contributed by atoms with Crippen molar-refractivity contribution in [2.75, 3.05) is 13.2 Å². The molecular weight excluding hydrogens is 130 g/mol. The summed E-state index contributed by atoms with van der Waals surface area (Å²) < 4.78 is 5.15. The van der Waals surface area contributed by atoms with E-state index in [4.69, 9.17) is 9.84 Å². The van der Waals surface area contributed by atoms with Crippen LogP contribution in [0.1, 0.15) is 6.92 Å². The van der Waals surface area contributed by atoms with Crippen LogP contribution in [0.5, 0.6) is 0 Å². The summed E-state index contributed by atoms with van der Waals surface area (Å²) in [5.74, 6) is 0. The van der Waals surface area contributed by atoms with Crippen LogP contribution in [0, 0.1) is 0 Å². The van der Waals surface area contributed by atoms with Gasteiger partial charge >= 0.3 is 0 Å². The molecule has 0 aromatic rings. The predicted molar refractivity (Wildman–Crippen MR) is 38.6 cm³/mol. The van der Waals surface area contributed by atoms with Crippen molar-refractivity contribution in [1.29, 1.82) is 0 Å². The number of hydrogen-bond acceptors (Lipinski definition) is 3. The highest BCUT2D eigenvalue weighted by Gasteiger charge is 2.35. The fraction of sp³-hybridized carbons (Fsp3) is 0.714. The largest absolute Gasteiger partial charge is 0.392 e. The summed E-state index contributed by atoms with van der Waals surface area (Å²) >= 11 is 0. The normalized spacial score (nSPS) is 31.4. The molecule has 10 heavy (non-hydrogen) atoms. The van der Waals surface area contributed by atoms with Gasteiger partial charge in [-0.3, -0.25) is 5.32 Å². The molecule has 2 N–H and O–H groups in total. The smallest absolute Gasteiger partial charge is 0.139 e. The molecule has 1 aliphatic rings. The Kier molecular flexibility index (Phi) is 2.86. The van der Waals surface area contributed by atoms with Crippen molar-refractivity contribution >= 4 is 0 Å². The van der Waals surface area contributed by atoms with Gasteiger partial charge in [-0.1, -0.05) is 19.1 Å². The van der Waals surface area contributed by atoms with E-state index in [0.717, 1.165) is 6.54 Å². The lowest BCUT2D eigenvalue weighted by Gasteiger charge is -1.89. The summed E-state index contributed by atoms with van der Waals surface area (Å²) in [6, 6.07) is 0. The molecule has 3 heteroatoms. The van der Waals surface area contributed by atoms with Crippen LogP contribution in [0.3, 0.4) is 0 Å². The molecule has 0 amide bonds. The van der Waals surface area contributed by atoms with E-state index in [1.807, 2.05) is 13.0 Å². The van der Waals surface area contributed by atoms with Crippen molar-refractivity contribution in [2.45, 2.75) is 19.3 Å². The molecule has 1 fully saturated rings. The summed E-state index contributed by atoms with van der Waals surface area (Å²) in [6.07, 6.45) is 3.94. The Balaban J connectivity index is 2.07. The molecule has 0 bridgehead atoms. The van der Waals surface area contributed by atoms with Gasteiger partial charge in [0.15, 0.2) is 0 Å². The first-order valence-electron chi connectivity index (χ1n) is 3.55. The van der Waals surface area contributed by atoms with E-state index in [0.29, 0.717) is 0 Å². The topological polar surface area (TPSA) is 44.8 Å². The van der Waals surface area contributed by atoms with E-state index >= 15 is 0 Å². The number of rotatable bonds is 4. The number of ether oxygens (including phenoxy) is 1. The average Bonchev–Trinajstić information content (AvgIpc) is 2.65. The van der Waals surface area contributed by atoms with Gasteiger partial charge in [-0.05, 0) is 6.54 Å². The summed E-state index contributed by atoms with van der Waals surface area (Å²) in [7, 11) is 0. The van der Waals surface area contributed by atoms with Gasteiger partial charge in [0.2, 0.25) is 0 Å². The third-order valence-electron chi connectivity index (χ3n) is 1.36. The molecule has 0 aliphatic carbocycles. The zero-order valence-electron chi connectivity index (χ0n) is 6.08. The molecule has 1 heterocycles. The Morgan fingerprint density at radius 1 is 1.70 bits per heavy atom. The van der Waals surface area contributed by atoms with E-state index < -0.39 is 0 Å². The maximum atomic E-state index is 8.40. The van der Waals surface area contributed by atoms with Gasteiger partial charge in [0.05, 0.1) is 6.61 Å². The van der Waals surface area contributed by atoms with Crippen molar-refractivity contribution in [3.63, 3.8) is 0 Å². The maximum Gasteiger partial charge on any atom is 0.139 e. The summed E-state index contributed by atoms with van der Waals surface area (Å²) in [6.45, 7) is 3.06. The lowest BCUT2D eigenvalue weighted by atomic mass is 10.4. The molecule has 0 aromatic carbocycles. The van der Waals surface area contributed by atoms with Crippen molar-refractivity contribution in [1.82, 2.24) is 5.32 Å². The number of hydrogen-bond donors (Lipinski definition) is 2. The molecule has 1 aliphatic heterocycles.